The lowest BCUT2D eigenvalue weighted by atomic mass is 10.3. The molecule has 0 aromatic rings. The first-order chi connectivity index (χ1) is 5.81. The summed E-state index contributed by atoms with van der Waals surface area (Å²) >= 11 is 0. The molecule has 2 heteroatoms. The molecule has 0 heterocycles. The Balaban J connectivity index is 3.11. The van der Waals surface area contributed by atoms with Crippen LogP contribution in [0, 0.1) is 11.3 Å². The first-order valence-corrected chi connectivity index (χ1v) is 7.02. The summed E-state index contributed by atoms with van der Waals surface area (Å²) in [6, 6.07) is 2.20. The lowest BCUT2D eigenvalue weighted by Crippen LogP contribution is -1.89. The number of unbranched alkanes of at least 4 members (excludes halogenated alkanes) is 3. The Labute approximate surface area is 77.9 Å². The van der Waals surface area contributed by atoms with Gasteiger partial charge in [-0.15, -0.1) is 7.92 Å². The highest BCUT2D eigenvalue weighted by molar-refractivity contribution is 7.56. The van der Waals surface area contributed by atoms with E-state index in [1.165, 1.54) is 31.6 Å². The molecular formula is C10H20NP. The molecule has 1 atom stereocenters. The Morgan fingerprint density at radius 2 is 1.83 bits per heavy atom. The highest BCUT2D eigenvalue weighted by Crippen LogP contribution is 2.32. The van der Waals surface area contributed by atoms with E-state index >= 15 is 0 Å². The summed E-state index contributed by atoms with van der Waals surface area (Å²) in [5, 5.41) is 8.35. The van der Waals surface area contributed by atoms with Gasteiger partial charge < -0.3 is 0 Å². The molecule has 0 saturated heterocycles. The largest absolute Gasteiger partial charge is 0.198 e. The minimum Gasteiger partial charge on any atom is -0.198 e. The third-order valence-electron chi connectivity index (χ3n) is 1.97. The SMILES string of the molecule is CCCCCP(C)CCCC#N. The lowest BCUT2D eigenvalue weighted by molar-refractivity contribution is 0.774. The van der Waals surface area contributed by atoms with E-state index in [1.807, 2.05) is 0 Å². The Kier molecular flexibility index (Phi) is 8.95. The van der Waals surface area contributed by atoms with Crippen molar-refractivity contribution in [2.75, 3.05) is 19.0 Å². The topological polar surface area (TPSA) is 23.8 Å². The van der Waals surface area contributed by atoms with E-state index in [0.29, 0.717) is 0 Å². The Bertz CT molecular complexity index is 128. The van der Waals surface area contributed by atoms with E-state index in [4.69, 9.17) is 5.26 Å². The van der Waals surface area contributed by atoms with E-state index in [-0.39, 0.29) is 7.92 Å². The van der Waals surface area contributed by atoms with Crippen LogP contribution in [0.5, 0.6) is 0 Å². The van der Waals surface area contributed by atoms with E-state index in [2.05, 4.69) is 19.7 Å². The first kappa shape index (κ1) is 11.9. The summed E-state index contributed by atoms with van der Waals surface area (Å²) in [4.78, 5) is 0. The van der Waals surface area contributed by atoms with Gasteiger partial charge in [-0.1, -0.05) is 19.8 Å². The summed E-state index contributed by atoms with van der Waals surface area (Å²) in [6.07, 6.45) is 8.67. The Morgan fingerprint density at radius 3 is 2.42 bits per heavy atom. The molecule has 0 radical (unpaired) electrons. The maximum atomic E-state index is 8.35. The standard InChI is InChI=1S/C10H20NP/c1-3-4-6-9-12(2)10-7-5-8-11/h3-7,9-10H2,1-2H3. The minimum atomic E-state index is 0.245. The van der Waals surface area contributed by atoms with Crippen LogP contribution >= 0.6 is 7.92 Å². The highest BCUT2D eigenvalue weighted by Gasteiger charge is 1.99. The zero-order valence-corrected chi connectivity index (χ0v) is 9.24. The smallest absolute Gasteiger partial charge is 0.0621 e. The van der Waals surface area contributed by atoms with Gasteiger partial charge in [-0.3, -0.25) is 0 Å². The van der Waals surface area contributed by atoms with Crippen molar-refractivity contribution in [2.24, 2.45) is 0 Å². The van der Waals surface area contributed by atoms with Gasteiger partial charge in [-0.05, 0) is 31.8 Å². The fraction of sp³-hybridized carbons (Fsp3) is 0.900. The monoisotopic (exact) mass is 185 g/mol. The zero-order chi connectivity index (χ0) is 9.23. The Morgan fingerprint density at radius 1 is 1.17 bits per heavy atom. The van der Waals surface area contributed by atoms with Gasteiger partial charge in [-0.2, -0.15) is 5.26 Å². The second-order valence-corrected chi connectivity index (χ2v) is 5.88. The molecule has 0 aliphatic heterocycles. The van der Waals surface area contributed by atoms with Crippen LogP contribution in [0.2, 0.25) is 0 Å². The van der Waals surface area contributed by atoms with Crippen molar-refractivity contribution in [3.05, 3.63) is 0 Å². The third kappa shape index (κ3) is 8.02. The minimum absolute atomic E-state index is 0.245. The molecule has 0 N–H and O–H groups in total. The maximum absolute atomic E-state index is 8.35. The van der Waals surface area contributed by atoms with Crippen LogP contribution in [-0.4, -0.2) is 19.0 Å². The molecule has 0 aliphatic carbocycles. The highest BCUT2D eigenvalue weighted by atomic mass is 31.1. The zero-order valence-electron chi connectivity index (χ0n) is 8.34. The average Bonchev–Trinajstić information content (AvgIpc) is 2.06. The number of rotatable bonds is 7. The first-order valence-electron chi connectivity index (χ1n) is 4.86. The van der Waals surface area contributed by atoms with E-state index in [9.17, 15) is 0 Å². The third-order valence-corrected chi connectivity index (χ3v) is 4.13. The molecule has 0 spiro atoms. The summed E-state index contributed by atoms with van der Waals surface area (Å²) in [6.45, 7) is 4.61. The van der Waals surface area contributed by atoms with Crippen LogP contribution in [-0.2, 0) is 0 Å². The molecule has 0 rings (SSSR count). The van der Waals surface area contributed by atoms with Crippen molar-refractivity contribution < 1.29 is 0 Å². The summed E-state index contributed by atoms with van der Waals surface area (Å²) in [7, 11) is 0.245. The molecule has 0 aromatic carbocycles. The van der Waals surface area contributed by atoms with Crippen LogP contribution < -0.4 is 0 Å². The number of nitrogens with zero attached hydrogens (tertiary/aromatic N) is 1. The van der Waals surface area contributed by atoms with Gasteiger partial charge in [-0.25, -0.2) is 0 Å². The molecule has 0 aromatic heterocycles. The molecule has 12 heavy (non-hydrogen) atoms. The molecule has 0 aliphatic rings. The summed E-state index contributed by atoms with van der Waals surface area (Å²) in [5.41, 5.74) is 0. The van der Waals surface area contributed by atoms with Crippen molar-refractivity contribution in [1.29, 1.82) is 5.26 Å². The lowest BCUT2D eigenvalue weighted by Gasteiger charge is -2.09. The fourth-order valence-corrected chi connectivity index (χ4v) is 2.86. The van der Waals surface area contributed by atoms with Crippen LogP contribution in [0.4, 0.5) is 0 Å². The summed E-state index contributed by atoms with van der Waals surface area (Å²) in [5.74, 6) is 0. The van der Waals surface area contributed by atoms with Gasteiger partial charge >= 0.3 is 0 Å². The normalized spacial score (nSPS) is 12.4. The van der Waals surface area contributed by atoms with Crippen molar-refractivity contribution in [3.63, 3.8) is 0 Å². The quantitative estimate of drug-likeness (QED) is 0.439. The second-order valence-electron chi connectivity index (χ2n) is 3.27. The van der Waals surface area contributed by atoms with Gasteiger partial charge in [0.05, 0.1) is 6.07 Å². The van der Waals surface area contributed by atoms with Crippen molar-refractivity contribution in [2.45, 2.75) is 39.0 Å². The van der Waals surface area contributed by atoms with Crippen molar-refractivity contribution >= 4 is 7.92 Å². The van der Waals surface area contributed by atoms with Gasteiger partial charge in [0.25, 0.3) is 0 Å². The predicted octanol–water partition coefficient (Wildman–Crippen LogP) is 3.59. The molecule has 0 saturated carbocycles. The van der Waals surface area contributed by atoms with Gasteiger partial charge in [0.15, 0.2) is 0 Å². The molecular weight excluding hydrogens is 165 g/mol. The summed E-state index contributed by atoms with van der Waals surface area (Å²) < 4.78 is 0. The average molecular weight is 185 g/mol. The van der Waals surface area contributed by atoms with Crippen LogP contribution in [0.15, 0.2) is 0 Å². The fourth-order valence-electron chi connectivity index (χ4n) is 1.17. The van der Waals surface area contributed by atoms with Crippen molar-refractivity contribution in [1.82, 2.24) is 0 Å². The van der Waals surface area contributed by atoms with Gasteiger partial charge in [0, 0.05) is 6.42 Å². The molecule has 0 amide bonds. The van der Waals surface area contributed by atoms with Crippen LogP contribution in [0.1, 0.15) is 39.0 Å². The molecule has 0 fully saturated rings. The van der Waals surface area contributed by atoms with Crippen LogP contribution in [0.25, 0.3) is 0 Å². The van der Waals surface area contributed by atoms with Crippen LogP contribution in [0.3, 0.4) is 0 Å². The number of hydrogen-bond donors (Lipinski definition) is 0. The predicted molar refractivity (Wildman–Crippen MR) is 57.0 cm³/mol. The van der Waals surface area contributed by atoms with E-state index in [0.717, 1.165) is 12.8 Å². The molecule has 1 unspecified atom stereocenters. The van der Waals surface area contributed by atoms with E-state index in [1.54, 1.807) is 0 Å². The van der Waals surface area contributed by atoms with Gasteiger partial charge in [0.1, 0.15) is 0 Å². The number of nitriles is 1. The number of hydrogen-bond acceptors (Lipinski definition) is 1. The van der Waals surface area contributed by atoms with Crippen molar-refractivity contribution in [3.8, 4) is 6.07 Å². The van der Waals surface area contributed by atoms with E-state index < -0.39 is 0 Å². The second kappa shape index (κ2) is 9.01. The van der Waals surface area contributed by atoms with Gasteiger partial charge in [0.2, 0.25) is 0 Å². The Hall–Kier alpha value is -0.0800. The maximum Gasteiger partial charge on any atom is 0.0621 e. The molecule has 70 valence electrons. The molecule has 0 bridgehead atoms. The molecule has 1 nitrogen and oxygen atoms in total.